The standard InChI is InChI=1S/C26H32N5O2/c1-17(2)21-14-9-18(3)15-24(21)33-25(32)16-31-23-8-6-5-7-22(23)30(4)26(31)19-10-12-20(13-11-19)28-29-27/h5-8,10-13,17-18,21,24H,9,14-16H2,1-4H3/q+1/t18-,21?,24-/m1/s1. The Kier molecular flexibility index (Phi) is 6.70. The summed E-state index contributed by atoms with van der Waals surface area (Å²) >= 11 is 0. The van der Waals surface area contributed by atoms with Crippen molar-refractivity contribution in [3.8, 4) is 11.4 Å². The average Bonchev–Trinajstić information content (AvgIpc) is 3.06. The van der Waals surface area contributed by atoms with Gasteiger partial charge in [0, 0.05) is 10.6 Å². The van der Waals surface area contributed by atoms with Gasteiger partial charge in [-0.05, 0) is 60.4 Å². The highest BCUT2D eigenvalue weighted by Crippen LogP contribution is 2.35. The Hall–Kier alpha value is -3.31. The number of esters is 1. The van der Waals surface area contributed by atoms with Crippen LogP contribution in [0.3, 0.4) is 0 Å². The van der Waals surface area contributed by atoms with Crippen molar-refractivity contribution >= 4 is 22.7 Å². The zero-order valence-corrected chi connectivity index (χ0v) is 19.8. The van der Waals surface area contributed by atoms with E-state index < -0.39 is 0 Å². The van der Waals surface area contributed by atoms with Crippen molar-refractivity contribution in [2.45, 2.75) is 52.7 Å². The van der Waals surface area contributed by atoms with Crippen LogP contribution < -0.4 is 4.57 Å². The maximum absolute atomic E-state index is 13.2. The van der Waals surface area contributed by atoms with Gasteiger partial charge in [0.15, 0.2) is 17.6 Å². The first-order valence-corrected chi connectivity index (χ1v) is 11.7. The number of carbonyl (C=O) groups excluding carboxylic acids is 1. The zero-order chi connectivity index (χ0) is 23.5. The second-order valence-electron chi connectivity index (χ2n) is 9.55. The number of hydrogen-bond donors (Lipinski definition) is 0. The highest BCUT2D eigenvalue weighted by molar-refractivity contribution is 5.79. The molecule has 2 aromatic carbocycles. The summed E-state index contributed by atoms with van der Waals surface area (Å²) in [7, 11) is 2.00. The number of imidazole rings is 1. The molecule has 1 heterocycles. The minimum absolute atomic E-state index is 0.0246. The topological polar surface area (TPSA) is 83.9 Å². The Bertz CT molecular complexity index is 1190. The van der Waals surface area contributed by atoms with Crippen molar-refractivity contribution in [1.29, 1.82) is 0 Å². The molecular formula is C26H32N5O2+. The minimum Gasteiger partial charge on any atom is -0.459 e. The van der Waals surface area contributed by atoms with Crippen molar-refractivity contribution in [1.82, 2.24) is 4.57 Å². The number of azide groups is 1. The molecule has 3 atom stereocenters. The molecule has 0 bridgehead atoms. The number of carbonyl (C=O) groups is 1. The molecule has 172 valence electrons. The van der Waals surface area contributed by atoms with Crippen LogP contribution in [0.5, 0.6) is 0 Å². The van der Waals surface area contributed by atoms with Gasteiger partial charge in [0.1, 0.15) is 6.10 Å². The Morgan fingerprint density at radius 1 is 1.21 bits per heavy atom. The lowest BCUT2D eigenvalue weighted by atomic mass is 9.75. The van der Waals surface area contributed by atoms with Crippen molar-refractivity contribution in [2.24, 2.45) is 29.9 Å². The van der Waals surface area contributed by atoms with Crippen LogP contribution in [0, 0.1) is 17.8 Å². The van der Waals surface area contributed by atoms with Gasteiger partial charge in [0.05, 0.1) is 12.6 Å². The second kappa shape index (κ2) is 9.67. The minimum atomic E-state index is -0.201. The summed E-state index contributed by atoms with van der Waals surface area (Å²) in [5, 5.41) is 3.66. The van der Waals surface area contributed by atoms with Gasteiger partial charge >= 0.3 is 5.97 Å². The van der Waals surface area contributed by atoms with E-state index in [0.29, 0.717) is 23.4 Å². The van der Waals surface area contributed by atoms with E-state index in [-0.39, 0.29) is 18.6 Å². The van der Waals surface area contributed by atoms with Crippen LogP contribution in [0.1, 0.15) is 40.0 Å². The van der Waals surface area contributed by atoms with Gasteiger partial charge in [-0.25, -0.2) is 13.9 Å². The van der Waals surface area contributed by atoms with Crippen molar-refractivity contribution < 1.29 is 14.1 Å². The number of benzene rings is 2. The summed E-state index contributed by atoms with van der Waals surface area (Å²) in [6.07, 6.45) is 3.22. The molecule has 0 spiro atoms. The average molecular weight is 447 g/mol. The molecule has 1 aliphatic carbocycles. The van der Waals surface area contributed by atoms with Gasteiger partial charge in [-0.2, -0.15) is 0 Å². The highest BCUT2D eigenvalue weighted by Gasteiger charge is 2.34. The molecule has 1 unspecified atom stereocenters. The number of aryl methyl sites for hydroxylation is 1. The van der Waals surface area contributed by atoms with Crippen LogP contribution in [0.2, 0.25) is 0 Å². The number of nitrogens with zero attached hydrogens (tertiary/aromatic N) is 5. The van der Waals surface area contributed by atoms with Gasteiger partial charge < -0.3 is 4.74 Å². The zero-order valence-electron chi connectivity index (χ0n) is 19.8. The number of aromatic nitrogens is 2. The fourth-order valence-corrected chi connectivity index (χ4v) is 5.21. The fraction of sp³-hybridized carbons (Fsp3) is 0.462. The molecule has 0 N–H and O–H groups in total. The van der Waals surface area contributed by atoms with Gasteiger partial charge in [0.2, 0.25) is 0 Å². The number of hydrogen-bond acceptors (Lipinski definition) is 3. The van der Waals surface area contributed by atoms with E-state index in [0.717, 1.165) is 35.3 Å². The molecule has 1 fully saturated rings. The van der Waals surface area contributed by atoms with Gasteiger partial charge in [-0.3, -0.25) is 0 Å². The van der Waals surface area contributed by atoms with Crippen molar-refractivity contribution in [3.05, 3.63) is 59.0 Å². The maximum atomic E-state index is 13.2. The molecule has 7 nitrogen and oxygen atoms in total. The van der Waals surface area contributed by atoms with Crippen LogP contribution in [-0.2, 0) is 23.1 Å². The second-order valence-corrected chi connectivity index (χ2v) is 9.55. The van der Waals surface area contributed by atoms with Crippen LogP contribution in [0.4, 0.5) is 5.69 Å². The number of rotatable bonds is 6. The summed E-state index contributed by atoms with van der Waals surface area (Å²) in [6, 6.07) is 15.5. The third-order valence-corrected chi connectivity index (χ3v) is 6.92. The predicted molar refractivity (Wildman–Crippen MR) is 129 cm³/mol. The van der Waals surface area contributed by atoms with Crippen LogP contribution >= 0.6 is 0 Å². The lowest BCUT2D eigenvalue weighted by Gasteiger charge is -2.36. The van der Waals surface area contributed by atoms with Gasteiger partial charge in [-0.1, -0.05) is 56.6 Å². The predicted octanol–water partition coefficient (Wildman–Crippen LogP) is 6.08. The number of fused-ring (bicyclic) bond motifs is 1. The van der Waals surface area contributed by atoms with Crippen LogP contribution in [0.15, 0.2) is 53.6 Å². The summed E-state index contributed by atoms with van der Waals surface area (Å²) in [5.41, 5.74) is 12.2. The Morgan fingerprint density at radius 3 is 2.64 bits per heavy atom. The van der Waals surface area contributed by atoms with Crippen LogP contribution in [-0.4, -0.2) is 16.6 Å². The molecule has 0 radical (unpaired) electrons. The number of para-hydroxylation sites is 2. The van der Waals surface area contributed by atoms with Crippen LogP contribution in [0.25, 0.3) is 32.9 Å². The highest BCUT2D eigenvalue weighted by atomic mass is 16.5. The Labute approximate surface area is 194 Å². The first-order chi connectivity index (χ1) is 15.9. The third-order valence-electron chi connectivity index (χ3n) is 6.92. The summed E-state index contributed by atoms with van der Waals surface area (Å²) in [4.78, 5) is 16.1. The lowest BCUT2D eigenvalue weighted by molar-refractivity contribution is -0.634. The molecule has 0 amide bonds. The molecule has 1 aliphatic rings. The van der Waals surface area contributed by atoms with E-state index in [4.69, 9.17) is 10.3 Å². The molecule has 4 rings (SSSR count). The number of ether oxygens (including phenoxy) is 1. The molecule has 3 aromatic rings. The smallest absolute Gasteiger partial charge is 0.348 e. The summed E-state index contributed by atoms with van der Waals surface area (Å²) < 4.78 is 10.2. The van der Waals surface area contributed by atoms with E-state index in [2.05, 4.69) is 35.4 Å². The van der Waals surface area contributed by atoms with Gasteiger partial charge in [-0.15, -0.1) is 0 Å². The SMILES string of the molecule is CC(C)C1CC[C@@H](C)C[C@H]1OC(=O)Cn1c(-c2ccc(N=[N+]=[N-])cc2)[n+](C)c2ccccc21. The first-order valence-electron chi connectivity index (χ1n) is 11.7. The van der Waals surface area contributed by atoms with E-state index in [1.807, 2.05) is 48.0 Å². The first kappa shape index (κ1) is 22.9. The lowest BCUT2D eigenvalue weighted by Crippen LogP contribution is -2.37. The molecule has 33 heavy (non-hydrogen) atoms. The van der Waals surface area contributed by atoms with E-state index in [9.17, 15) is 4.79 Å². The summed E-state index contributed by atoms with van der Waals surface area (Å²) in [5.74, 6) is 2.18. The van der Waals surface area contributed by atoms with Crippen molar-refractivity contribution in [3.63, 3.8) is 0 Å². The van der Waals surface area contributed by atoms with E-state index in [1.165, 1.54) is 6.42 Å². The third kappa shape index (κ3) is 4.74. The quantitative estimate of drug-likeness (QED) is 0.151. The van der Waals surface area contributed by atoms with Gasteiger partial charge in [0.25, 0.3) is 5.82 Å². The monoisotopic (exact) mass is 446 g/mol. The Morgan fingerprint density at radius 2 is 1.94 bits per heavy atom. The van der Waals surface area contributed by atoms with E-state index in [1.54, 1.807) is 12.1 Å². The molecular weight excluding hydrogens is 414 g/mol. The maximum Gasteiger partial charge on any atom is 0.348 e. The fourth-order valence-electron chi connectivity index (χ4n) is 5.21. The molecule has 1 aromatic heterocycles. The van der Waals surface area contributed by atoms with Crippen molar-refractivity contribution in [2.75, 3.05) is 0 Å². The molecule has 0 saturated heterocycles. The molecule has 1 saturated carbocycles. The molecule has 0 aliphatic heterocycles. The van der Waals surface area contributed by atoms with E-state index >= 15 is 0 Å². The summed E-state index contributed by atoms with van der Waals surface area (Å²) in [6.45, 7) is 6.83. The Balaban J connectivity index is 1.67. The largest absolute Gasteiger partial charge is 0.459 e. The molecule has 7 heteroatoms. The normalized spacial score (nSPS) is 20.6.